The molecule has 0 N–H and O–H groups in total. The highest BCUT2D eigenvalue weighted by molar-refractivity contribution is 7.26. The summed E-state index contributed by atoms with van der Waals surface area (Å²) in [6, 6.07) is 69.3. The van der Waals surface area contributed by atoms with Crippen LogP contribution in [0.5, 0.6) is 0 Å². The minimum Gasteiger partial charge on any atom is -0.301 e. The smallest absolute Gasteiger partial charge is 0.235 e. The molecule has 12 aromatic rings. The average molecular weight is 745 g/mol. The van der Waals surface area contributed by atoms with Crippen molar-refractivity contribution in [2.45, 2.75) is 0 Å². The van der Waals surface area contributed by atoms with Crippen LogP contribution in [-0.2, 0) is 0 Å². The number of fused-ring (bicyclic) bond motifs is 10. The van der Waals surface area contributed by atoms with Crippen molar-refractivity contribution in [3.63, 3.8) is 0 Å². The molecule has 5 heteroatoms. The standard InChI is InChI=1S/C52H32N4S/c1-4-15-33(16-5-1)35-19-14-20-36(31-35)37-27-28-39-40-29-30-43-47-42-24-11-13-26-45(42)55(38-21-8-3-9-22-38)51(47)57-50(43)49(40)56(46(39)32-37)52-53-44-25-12-10-23-41(44)48(54-52)34-17-6-2-7-18-34/h1-32H. The van der Waals surface area contributed by atoms with Gasteiger partial charge in [-0.1, -0.05) is 158 Å². The third kappa shape index (κ3) is 4.93. The highest BCUT2D eigenvalue weighted by Crippen LogP contribution is 2.47. The van der Waals surface area contributed by atoms with Gasteiger partial charge in [0.2, 0.25) is 5.95 Å². The largest absolute Gasteiger partial charge is 0.301 e. The lowest BCUT2D eigenvalue weighted by Gasteiger charge is -2.12. The number of nitrogens with zero attached hydrogens (tertiary/aromatic N) is 4. The number of hydrogen-bond donors (Lipinski definition) is 0. The number of benzene rings is 8. The molecule has 0 spiro atoms. The second-order valence-electron chi connectivity index (χ2n) is 14.6. The summed E-state index contributed by atoms with van der Waals surface area (Å²) < 4.78 is 5.97. The van der Waals surface area contributed by atoms with Crippen molar-refractivity contribution in [2.24, 2.45) is 0 Å². The van der Waals surface area contributed by atoms with Crippen LogP contribution in [0.25, 0.3) is 109 Å². The van der Waals surface area contributed by atoms with Gasteiger partial charge in [0, 0.05) is 43.6 Å². The van der Waals surface area contributed by atoms with Crippen molar-refractivity contribution in [3.05, 3.63) is 194 Å². The number of aromatic nitrogens is 4. The molecule has 0 fully saturated rings. The zero-order valence-corrected chi connectivity index (χ0v) is 31.5. The molecule has 4 aromatic heterocycles. The molecule has 0 aliphatic carbocycles. The van der Waals surface area contributed by atoms with Crippen LogP contribution in [0.1, 0.15) is 0 Å². The van der Waals surface area contributed by atoms with E-state index in [1.54, 1.807) is 0 Å². The molecule has 12 rings (SSSR count). The highest BCUT2D eigenvalue weighted by atomic mass is 32.1. The van der Waals surface area contributed by atoms with Crippen LogP contribution in [0.4, 0.5) is 0 Å². The number of hydrogen-bond acceptors (Lipinski definition) is 3. The van der Waals surface area contributed by atoms with E-state index < -0.39 is 0 Å². The lowest BCUT2D eigenvalue weighted by atomic mass is 9.98. The molecule has 57 heavy (non-hydrogen) atoms. The molecule has 0 unspecified atom stereocenters. The van der Waals surface area contributed by atoms with Gasteiger partial charge in [0.1, 0.15) is 4.83 Å². The van der Waals surface area contributed by atoms with Gasteiger partial charge in [-0.25, -0.2) is 9.97 Å². The summed E-state index contributed by atoms with van der Waals surface area (Å²) in [5, 5.41) is 7.13. The van der Waals surface area contributed by atoms with Crippen molar-refractivity contribution in [1.82, 2.24) is 19.1 Å². The van der Waals surface area contributed by atoms with Crippen molar-refractivity contribution in [3.8, 4) is 45.1 Å². The Morgan fingerprint density at radius 1 is 0.386 bits per heavy atom. The Morgan fingerprint density at radius 3 is 1.81 bits per heavy atom. The molecular weight excluding hydrogens is 713 g/mol. The minimum absolute atomic E-state index is 0.657. The molecule has 8 aromatic carbocycles. The molecule has 0 radical (unpaired) electrons. The lowest BCUT2D eigenvalue weighted by Crippen LogP contribution is -2.03. The number of para-hydroxylation sites is 3. The molecule has 0 saturated heterocycles. The summed E-state index contributed by atoms with van der Waals surface area (Å²) in [7, 11) is 0. The fraction of sp³-hybridized carbons (Fsp3) is 0. The van der Waals surface area contributed by atoms with Crippen molar-refractivity contribution < 1.29 is 0 Å². The second kappa shape index (κ2) is 12.6. The summed E-state index contributed by atoms with van der Waals surface area (Å²) in [5.74, 6) is 0.657. The number of thiophene rings is 1. The summed E-state index contributed by atoms with van der Waals surface area (Å²) in [6.45, 7) is 0. The molecule has 4 heterocycles. The van der Waals surface area contributed by atoms with E-state index >= 15 is 0 Å². The first-order valence-corrected chi connectivity index (χ1v) is 20.1. The topological polar surface area (TPSA) is 35.6 Å². The lowest BCUT2D eigenvalue weighted by molar-refractivity contribution is 1.02. The third-order valence-electron chi connectivity index (χ3n) is 11.3. The van der Waals surface area contributed by atoms with Crippen molar-refractivity contribution >= 4 is 75.3 Å². The summed E-state index contributed by atoms with van der Waals surface area (Å²) in [4.78, 5) is 12.1. The van der Waals surface area contributed by atoms with Gasteiger partial charge in [0.25, 0.3) is 0 Å². The Bertz CT molecular complexity index is 3510. The van der Waals surface area contributed by atoms with Crippen LogP contribution in [-0.4, -0.2) is 19.1 Å². The van der Waals surface area contributed by atoms with Crippen molar-refractivity contribution in [2.75, 3.05) is 0 Å². The Kier molecular flexibility index (Phi) is 7.06. The first-order chi connectivity index (χ1) is 28.3. The van der Waals surface area contributed by atoms with Gasteiger partial charge in [-0.15, -0.1) is 11.3 Å². The zero-order valence-electron chi connectivity index (χ0n) is 30.7. The van der Waals surface area contributed by atoms with E-state index in [2.05, 4.69) is 203 Å². The summed E-state index contributed by atoms with van der Waals surface area (Å²) in [6.07, 6.45) is 0. The summed E-state index contributed by atoms with van der Waals surface area (Å²) >= 11 is 1.85. The number of rotatable bonds is 5. The quantitative estimate of drug-likeness (QED) is 0.176. The maximum absolute atomic E-state index is 5.48. The Labute approximate surface area is 332 Å². The van der Waals surface area contributed by atoms with Gasteiger partial charge in [0.05, 0.1) is 32.5 Å². The van der Waals surface area contributed by atoms with E-state index in [1.807, 2.05) is 11.3 Å². The van der Waals surface area contributed by atoms with Crippen LogP contribution in [0, 0.1) is 0 Å². The van der Waals surface area contributed by atoms with E-state index in [0.717, 1.165) is 50.0 Å². The molecular formula is C52H32N4S. The van der Waals surface area contributed by atoms with Crippen LogP contribution in [0.3, 0.4) is 0 Å². The Hall–Kier alpha value is -7.34. The highest BCUT2D eigenvalue weighted by Gasteiger charge is 2.24. The monoisotopic (exact) mass is 744 g/mol. The van der Waals surface area contributed by atoms with Gasteiger partial charge < -0.3 is 4.57 Å². The molecule has 266 valence electrons. The summed E-state index contributed by atoms with van der Waals surface area (Å²) in [5.41, 5.74) is 12.1. The second-order valence-corrected chi connectivity index (χ2v) is 15.6. The molecule has 0 aliphatic heterocycles. The third-order valence-corrected chi connectivity index (χ3v) is 12.5. The molecule has 0 aliphatic rings. The molecule has 0 atom stereocenters. The van der Waals surface area contributed by atoms with Crippen LogP contribution < -0.4 is 0 Å². The van der Waals surface area contributed by atoms with E-state index in [0.29, 0.717) is 5.95 Å². The SMILES string of the molecule is c1ccc(-c2cccc(-c3ccc4c5ccc6c(sc7c6c6ccccc6n7-c6ccccc6)c5n(-c5nc(-c6ccccc6)c6ccccc6n5)c4c3)c2)cc1. The van der Waals surface area contributed by atoms with E-state index in [1.165, 1.54) is 53.1 Å². The minimum atomic E-state index is 0.657. The Balaban J connectivity index is 1.21. The first-order valence-electron chi connectivity index (χ1n) is 19.3. The molecule has 0 bridgehead atoms. The van der Waals surface area contributed by atoms with Crippen LogP contribution in [0.2, 0.25) is 0 Å². The van der Waals surface area contributed by atoms with E-state index in [9.17, 15) is 0 Å². The van der Waals surface area contributed by atoms with Gasteiger partial charge in [0.15, 0.2) is 0 Å². The zero-order chi connectivity index (χ0) is 37.5. The molecule has 0 amide bonds. The van der Waals surface area contributed by atoms with Gasteiger partial charge >= 0.3 is 0 Å². The Morgan fingerprint density at radius 2 is 1.00 bits per heavy atom. The fourth-order valence-corrected chi connectivity index (χ4v) is 10.1. The van der Waals surface area contributed by atoms with Crippen LogP contribution in [0.15, 0.2) is 194 Å². The molecule has 4 nitrogen and oxygen atoms in total. The fourth-order valence-electron chi connectivity index (χ4n) is 8.76. The van der Waals surface area contributed by atoms with Gasteiger partial charge in [-0.3, -0.25) is 4.57 Å². The maximum atomic E-state index is 5.48. The molecule has 0 saturated carbocycles. The van der Waals surface area contributed by atoms with Gasteiger partial charge in [-0.05, 0) is 58.7 Å². The van der Waals surface area contributed by atoms with Crippen molar-refractivity contribution in [1.29, 1.82) is 0 Å². The predicted octanol–water partition coefficient (Wildman–Crippen LogP) is 14.0. The predicted molar refractivity (Wildman–Crippen MR) is 240 cm³/mol. The normalized spacial score (nSPS) is 11.9. The van der Waals surface area contributed by atoms with Crippen LogP contribution >= 0.6 is 11.3 Å². The first kappa shape index (κ1) is 32.0. The van der Waals surface area contributed by atoms with E-state index in [-0.39, 0.29) is 0 Å². The van der Waals surface area contributed by atoms with Gasteiger partial charge in [-0.2, -0.15) is 0 Å². The average Bonchev–Trinajstić information content (AvgIpc) is 3.93. The maximum Gasteiger partial charge on any atom is 0.235 e. The van der Waals surface area contributed by atoms with E-state index in [4.69, 9.17) is 9.97 Å².